The molecule has 1 aromatic carbocycles. The highest BCUT2D eigenvalue weighted by Gasteiger charge is 2.56. The van der Waals surface area contributed by atoms with Crippen LogP contribution in [-0.2, 0) is 9.59 Å². The summed E-state index contributed by atoms with van der Waals surface area (Å²) >= 11 is 0. The van der Waals surface area contributed by atoms with E-state index >= 15 is 0 Å². The Morgan fingerprint density at radius 1 is 1.21 bits per heavy atom. The molecule has 1 saturated carbocycles. The van der Waals surface area contributed by atoms with Crippen LogP contribution in [0.2, 0.25) is 0 Å². The van der Waals surface area contributed by atoms with E-state index < -0.39 is 6.04 Å². The summed E-state index contributed by atoms with van der Waals surface area (Å²) in [5.41, 5.74) is 7.91. The first-order valence-corrected chi connectivity index (χ1v) is 12.1. The molecule has 0 spiro atoms. The number of nitrogens with two attached hydrogens (primary N) is 1. The topological polar surface area (TPSA) is 114 Å². The van der Waals surface area contributed by atoms with E-state index in [1.165, 1.54) is 0 Å². The van der Waals surface area contributed by atoms with Crippen LogP contribution in [0.5, 0.6) is 0 Å². The minimum absolute atomic E-state index is 0.0516. The van der Waals surface area contributed by atoms with E-state index in [0.29, 0.717) is 24.6 Å². The van der Waals surface area contributed by atoms with Crippen LogP contribution in [0.15, 0.2) is 24.3 Å². The van der Waals surface area contributed by atoms with Crippen LogP contribution in [0.4, 0.5) is 0 Å². The molecule has 7 atom stereocenters. The Balaban J connectivity index is 1.21. The molecule has 3 amide bonds. The molecule has 180 valence electrons. The second kappa shape index (κ2) is 8.36. The van der Waals surface area contributed by atoms with Crippen molar-refractivity contribution in [3.05, 3.63) is 35.4 Å². The molecule has 34 heavy (non-hydrogen) atoms. The van der Waals surface area contributed by atoms with Gasteiger partial charge in [0.25, 0.3) is 5.91 Å². The predicted molar refractivity (Wildman–Crippen MR) is 124 cm³/mol. The number of carbonyl (C=O) groups is 3. The minimum Gasteiger partial charge on any atom is -0.345 e. The van der Waals surface area contributed by atoms with Gasteiger partial charge in [-0.1, -0.05) is 12.1 Å². The molecule has 3 saturated heterocycles. The minimum atomic E-state index is -0.727. The Bertz CT molecular complexity index is 1050. The molecule has 3 heterocycles. The zero-order valence-corrected chi connectivity index (χ0v) is 19.9. The first-order chi connectivity index (χ1) is 16.2. The van der Waals surface area contributed by atoms with E-state index in [9.17, 15) is 19.6 Å². The summed E-state index contributed by atoms with van der Waals surface area (Å²) in [5, 5.41) is 9.39. The molecule has 1 unspecified atom stereocenters. The molecule has 9 nitrogen and oxygen atoms in total. The highest BCUT2D eigenvalue weighted by Crippen LogP contribution is 2.48. The Morgan fingerprint density at radius 3 is 2.53 bits per heavy atom. The largest absolute Gasteiger partial charge is 0.345 e. The fourth-order valence-electron chi connectivity index (χ4n) is 6.13. The number of carbonyl (C=O) groups excluding carboxylic acids is 3. The van der Waals surface area contributed by atoms with Gasteiger partial charge in [0.1, 0.15) is 6.04 Å². The number of rotatable bonds is 6. The number of hydrogen-bond acceptors (Lipinski definition) is 6. The van der Waals surface area contributed by atoms with Crippen molar-refractivity contribution in [3.8, 4) is 6.07 Å². The van der Waals surface area contributed by atoms with Crippen molar-refractivity contribution in [1.82, 2.24) is 19.6 Å². The van der Waals surface area contributed by atoms with Crippen molar-refractivity contribution in [2.45, 2.75) is 62.4 Å². The smallest absolute Gasteiger partial charge is 0.253 e. The van der Waals surface area contributed by atoms with Gasteiger partial charge in [0.15, 0.2) is 0 Å². The molecular formula is C25H32N6O3. The molecule has 1 aliphatic carbocycles. The van der Waals surface area contributed by atoms with Gasteiger partial charge in [0.05, 0.1) is 24.2 Å². The summed E-state index contributed by atoms with van der Waals surface area (Å²) in [5.74, 6) is 0.305. The molecule has 5 rings (SSSR count). The highest BCUT2D eigenvalue weighted by molar-refractivity contribution is 5.94. The fourth-order valence-corrected chi connectivity index (χ4v) is 6.13. The predicted octanol–water partition coefficient (Wildman–Crippen LogP) is 0.575. The van der Waals surface area contributed by atoms with Crippen molar-refractivity contribution in [2.75, 3.05) is 27.2 Å². The summed E-state index contributed by atoms with van der Waals surface area (Å²) in [6.45, 7) is 3.04. The quantitative estimate of drug-likeness (QED) is 0.659. The molecule has 4 aliphatic rings. The number of nitriles is 1. The van der Waals surface area contributed by atoms with Crippen LogP contribution >= 0.6 is 0 Å². The zero-order chi connectivity index (χ0) is 24.3. The van der Waals surface area contributed by atoms with Crippen molar-refractivity contribution in [2.24, 2.45) is 11.7 Å². The lowest BCUT2D eigenvalue weighted by Gasteiger charge is -2.38. The van der Waals surface area contributed by atoms with Gasteiger partial charge in [-0.25, -0.2) is 0 Å². The number of fused-ring (bicyclic) bond motifs is 3. The number of amides is 3. The molecule has 2 bridgehead atoms. The number of likely N-dealkylation sites (tertiary alicyclic amines) is 3. The maximum atomic E-state index is 13.3. The van der Waals surface area contributed by atoms with Crippen LogP contribution < -0.4 is 5.73 Å². The lowest BCUT2D eigenvalue weighted by molar-refractivity contribution is -0.141. The normalized spacial score (nSPS) is 31.3. The summed E-state index contributed by atoms with van der Waals surface area (Å²) in [7, 11) is 3.44. The first-order valence-electron chi connectivity index (χ1n) is 12.1. The summed E-state index contributed by atoms with van der Waals surface area (Å²) in [4.78, 5) is 45.6. The highest BCUT2D eigenvalue weighted by atomic mass is 16.2. The number of piperazine rings is 1. The Morgan fingerprint density at radius 2 is 1.91 bits per heavy atom. The second-order valence-corrected chi connectivity index (χ2v) is 10.4. The monoisotopic (exact) mass is 464 g/mol. The van der Waals surface area contributed by atoms with Gasteiger partial charge in [0.2, 0.25) is 11.8 Å². The lowest BCUT2D eigenvalue weighted by Crippen LogP contribution is -2.57. The van der Waals surface area contributed by atoms with Gasteiger partial charge in [-0.15, -0.1) is 0 Å². The molecule has 0 radical (unpaired) electrons. The van der Waals surface area contributed by atoms with Gasteiger partial charge in [0, 0.05) is 44.8 Å². The molecule has 1 aromatic rings. The summed E-state index contributed by atoms with van der Waals surface area (Å²) in [6, 6.07) is 8.48. The first kappa shape index (κ1) is 22.8. The number of benzene rings is 1. The average Bonchev–Trinajstić information content (AvgIpc) is 3.15. The van der Waals surface area contributed by atoms with Gasteiger partial charge >= 0.3 is 0 Å². The second-order valence-electron chi connectivity index (χ2n) is 10.4. The Hall–Kier alpha value is -2.96. The van der Waals surface area contributed by atoms with E-state index in [1.807, 2.05) is 28.9 Å². The molecular weight excluding hydrogens is 432 g/mol. The van der Waals surface area contributed by atoms with E-state index in [4.69, 9.17) is 5.73 Å². The van der Waals surface area contributed by atoms with Gasteiger partial charge < -0.3 is 20.4 Å². The number of hydrogen-bond donors (Lipinski definition) is 1. The van der Waals surface area contributed by atoms with Crippen LogP contribution in [0, 0.1) is 17.2 Å². The number of nitrogens with zero attached hydrogens (tertiary/aromatic N) is 5. The van der Waals surface area contributed by atoms with Crippen LogP contribution in [-0.4, -0.2) is 94.7 Å². The zero-order valence-electron chi connectivity index (χ0n) is 19.9. The third-order valence-electron chi connectivity index (χ3n) is 8.03. The van der Waals surface area contributed by atoms with Crippen LogP contribution in [0.1, 0.15) is 48.1 Å². The van der Waals surface area contributed by atoms with Crippen molar-refractivity contribution in [1.29, 1.82) is 5.26 Å². The van der Waals surface area contributed by atoms with Crippen LogP contribution in [0.3, 0.4) is 0 Å². The van der Waals surface area contributed by atoms with Crippen molar-refractivity contribution < 1.29 is 14.4 Å². The summed E-state index contributed by atoms with van der Waals surface area (Å²) in [6.07, 6.45) is 2.46. The van der Waals surface area contributed by atoms with E-state index in [-0.39, 0.29) is 47.9 Å². The van der Waals surface area contributed by atoms with Crippen LogP contribution in [0.25, 0.3) is 0 Å². The molecule has 4 fully saturated rings. The third-order valence-corrected chi connectivity index (χ3v) is 8.03. The van der Waals surface area contributed by atoms with Gasteiger partial charge in [-0.05, 0) is 49.8 Å². The van der Waals surface area contributed by atoms with Gasteiger partial charge in [-0.3, -0.25) is 19.3 Å². The fraction of sp³-hybridized carbons (Fsp3) is 0.600. The maximum absolute atomic E-state index is 13.3. The molecule has 0 aromatic heterocycles. The average molecular weight is 465 g/mol. The van der Waals surface area contributed by atoms with Crippen molar-refractivity contribution >= 4 is 17.7 Å². The summed E-state index contributed by atoms with van der Waals surface area (Å²) < 4.78 is 0. The Kier molecular flexibility index (Phi) is 5.61. The molecule has 9 heteroatoms. The van der Waals surface area contributed by atoms with E-state index in [0.717, 1.165) is 24.8 Å². The van der Waals surface area contributed by atoms with Gasteiger partial charge in [-0.2, -0.15) is 5.26 Å². The third kappa shape index (κ3) is 3.65. The standard InChI is InChI=1S/C25H32N6O3/c1-14(15-4-6-16(7-5-15)23(32)28(2)3)30-19-10-22(25(30)34)29(12-19)13-20(27)24(33)31-18(11-26)8-17-9-21(17)31/h4-7,14,17-22H,8-10,12-13,27H2,1-3H3/t14-,17+,18-,19+,20-,21?,22+/m0/s1. The lowest BCUT2D eigenvalue weighted by atomic mass is 10.0. The molecule has 2 N–H and O–H groups in total. The maximum Gasteiger partial charge on any atom is 0.253 e. The number of piperidine rings is 1. The molecule has 3 aliphatic heterocycles. The SMILES string of the molecule is C[C@@H](c1ccc(C(=O)N(C)C)cc1)N1C(=O)[C@H]2C[C@@H]1CN2C[C@H](N)C(=O)N1C2C[C@H]2C[C@H]1C#N. The Labute approximate surface area is 200 Å². The van der Waals surface area contributed by atoms with E-state index in [2.05, 4.69) is 6.07 Å². The van der Waals surface area contributed by atoms with Crippen molar-refractivity contribution in [3.63, 3.8) is 0 Å². The van der Waals surface area contributed by atoms with E-state index in [1.54, 1.807) is 36.0 Å².